The normalized spacial score (nSPS) is 21.7. The average Bonchev–Trinajstić information content (AvgIpc) is 3.15. The van der Waals surface area contributed by atoms with Crippen LogP contribution < -0.4 is 10.1 Å². The Morgan fingerprint density at radius 2 is 2.19 bits per heavy atom. The first-order valence-corrected chi connectivity index (χ1v) is 7.39. The number of ether oxygens (including phenoxy) is 1. The highest BCUT2D eigenvalue weighted by Gasteiger charge is 2.31. The van der Waals surface area contributed by atoms with Crippen molar-refractivity contribution in [2.24, 2.45) is 0 Å². The van der Waals surface area contributed by atoms with Gasteiger partial charge in [-0.2, -0.15) is 4.98 Å². The number of aryl methyl sites for hydroxylation is 1. The van der Waals surface area contributed by atoms with Crippen molar-refractivity contribution in [3.05, 3.63) is 29.7 Å². The van der Waals surface area contributed by atoms with Crippen molar-refractivity contribution < 1.29 is 9.26 Å². The van der Waals surface area contributed by atoms with Crippen molar-refractivity contribution in [3.63, 3.8) is 0 Å². The molecular formula is C16H21N3O2. The first-order valence-electron chi connectivity index (χ1n) is 7.39. The molecule has 21 heavy (non-hydrogen) atoms. The van der Waals surface area contributed by atoms with Gasteiger partial charge in [0, 0.05) is 11.6 Å². The molecule has 1 fully saturated rings. The number of hydrogen-bond acceptors (Lipinski definition) is 5. The molecule has 2 unspecified atom stereocenters. The molecule has 0 saturated heterocycles. The zero-order valence-corrected chi connectivity index (χ0v) is 12.7. The van der Waals surface area contributed by atoms with Gasteiger partial charge in [0.15, 0.2) is 0 Å². The van der Waals surface area contributed by atoms with Gasteiger partial charge in [-0.3, -0.25) is 0 Å². The third kappa shape index (κ3) is 2.65. The molecule has 1 aliphatic rings. The highest BCUT2D eigenvalue weighted by Crippen LogP contribution is 2.34. The number of aromatic nitrogens is 2. The molecule has 0 bridgehead atoms. The van der Waals surface area contributed by atoms with Crippen LogP contribution in [0.1, 0.15) is 36.6 Å². The quantitative estimate of drug-likeness (QED) is 0.937. The Bertz CT molecular complexity index is 624. The highest BCUT2D eigenvalue weighted by molar-refractivity contribution is 5.58. The van der Waals surface area contributed by atoms with Crippen molar-refractivity contribution in [1.29, 1.82) is 0 Å². The van der Waals surface area contributed by atoms with Crippen LogP contribution in [0.25, 0.3) is 11.4 Å². The molecular weight excluding hydrogens is 266 g/mol. The summed E-state index contributed by atoms with van der Waals surface area (Å²) in [6.45, 7) is 2.01. The first-order chi connectivity index (χ1) is 10.2. The first kappa shape index (κ1) is 14.1. The monoisotopic (exact) mass is 287 g/mol. The number of nitrogens with zero attached hydrogens (tertiary/aromatic N) is 2. The number of rotatable bonds is 4. The molecule has 1 heterocycles. The Kier molecular flexibility index (Phi) is 3.92. The lowest BCUT2D eigenvalue weighted by atomic mass is 10.0. The van der Waals surface area contributed by atoms with Crippen molar-refractivity contribution in [1.82, 2.24) is 15.5 Å². The predicted octanol–water partition coefficient (Wildman–Crippen LogP) is 2.91. The molecule has 1 saturated carbocycles. The van der Waals surface area contributed by atoms with Gasteiger partial charge < -0.3 is 14.6 Å². The molecule has 0 aliphatic heterocycles. The van der Waals surface area contributed by atoms with E-state index in [1.165, 1.54) is 12.8 Å². The Hall–Kier alpha value is -1.88. The van der Waals surface area contributed by atoms with Gasteiger partial charge in [0.25, 0.3) is 0 Å². The number of hydrogen-bond donors (Lipinski definition) is 1. The van der Waals surface area contributed by atoms with E-state index in [4.69, 9.17) is 9.26 Å². The van der Waals surface area contributed by atoms with Crippen LogP contribution >= 0.6 is 0 Å². The number of nitrogens with one attached hydrogen (secondary N) is 1. The van der Waals surface area contributed by atoms with Gasteiger partial charge in [-0.1, -0.05) is 11.6 Å². The van der Waals surface area contributed by atoms with Crippen LogP contribution in [0.4, 0.5) is 0 Å². The lowest BCUT2D eigenvalue weighted by molar-refractivity contribution is 0.335. The van der Waals surface area contributed by atoms with Gasteiger partial charge in [-0.05, 0) is 50.6 Å². The summed E-state index contributed by atoms with van der Waals surface area (Å²) in [6, 6.07) is 6.37. The van der Waals surface area contributed by atoms with Crippen LogP contribution in [-0.2, 0) is 0 Å². The molecule has 5 nitrogen and oxygen atoms in total. The van der Waals surface area contributed by atoms with E-state index in [1.54, 1.807) is 7.11 Å². The smallest absolute Gasteiger partial charge is 0.231 e. The standard InChI is InChI=1S/C16H21N3O2/c1-10-9-11(7-8-14(10)20-3)15-18-16(21-19-15)12-5-4-6-13(12)17-2/h7-9,12-13,17H,4-6H2,1-3H3. The molecule has 2 aromatic rings. The van der Waals surface area contributed by atoms with Gasteiger partial charge in [-0.25, -0.2) is 0 Å². The van der Waals surface area contributed by atoms with E-state index in [-0.39, 0.29) is 0 Å². The second-order valence-electron chi connectivity index (χ2n) is 5.57. The lowest BCUT2D eigenvalue weighted by Crippen LogP contribution is -2.27. The van der Waals surface area contributed by atoms with E-state index in [0.29, 0.717) is 17.8 Å². The lowest BCUT2D eigenvalue weighted by Gasteiger charge is -2.14. The number of benzene rings is 1. The third-order valence-electron chi connectivity index (χ3n) is 4.30. The van der Waals surface area contributed by atoms with Gasteiger partial charge in [-0.15, -0.1) is 0 Å². The fourth-order valence-corrected chi connectivity index (χ4v) is 3.12. The summed E-state index contributed by atoms with van der Waals surface area (Å²) in [5, 5.41) is 7.48. The summed E-state index contributed by atoms with van der Waals surface area (Å²) in [4.78, 5) is 4.60. The summed E-state index contributed by atoms with van der Waals surface area (Å²) in [6.07, 6.45) is 3.48. The summed E-state index contributed by atoms with van der Waals surface area (Å²) in [7, 11) is 3.67. The second kappa shape index (κ2) is 5.85. The summed E-state index contributed by atoms with van der Waals surface area (Å²) < 4.78 is 10.8. The maximum absolute atomic E-state index is 5.50. The van der Waals surface area contributed by atoms with Crippen LogP contribution in [0.3, 0.4) is 0 Å². The van der Waals surface area contributed by atoms with Crippen molar-refractivity contribution >= 4 is 0 Å². The molecule has 1 aliphatic carbocycles. The zero-order chi connectivity index (χ0) is 14.8. The molecule has 0 spiro atoms. The molecule has 0 radical (unpaired) electrons. The van der Waals surface area contributed by atoms with Crippen molar-refractivity contribution in [2.75, 3.05) is 14.2 Å². The van der Waals surface area contributed by atoms with Gasteiger partial charge in [0.05, 0.1) is 13.0 Å². The molecule has 1 N–H and O–H groups in total. The maximum Gasteiger partial charge on any atom is 0.231 e. The molecule has 112 valence electrons. The number of likely N-dealkylation sites (N-methyl/N-ethyl adjacent to an activating group) is 1. The van der Waals surface area contributed by atoms with Gasteiger partial charge in [0.2, 0.25) is 11.7 Å². The maximum atomic E-state index is 5.50. The van der Waals surface area contributed by atoms with Crippen molar-refractivity contribution in [2.45, 2.75) is 38.1 Å². The Balaban J connectivity index is 1.86. The molecule has 2 atom stereocenters. The molecule has 3 rings (SSSR count). The minimum absolute atomic E-state index is 0.329. The SMILES string of the molecule is CNC1CCCC1c1nc(-c2ccc(OC)c(C)c2)no1. The molecule has 1 aromatic carbocycles. The summed E-state index contributed by atoms with van der Waals surface area (Å²) in [5.74, 6) is 2.59. The summed E-state index contributed by atoms with van der Waals surface area (Å²) in [5.41, 5.74) is 2.03. The highest BCUT2D eigenvalue weighted by atomic mass is 16.5. The second-order valence-corrected chi connectivity index (χ2v) is 5.57. The molecule has 1 aromatic heterocycles. The third-order valence-corrected chi connectivity index (χ3v) is 4.30. The molecule has 5 heteroatoms. The van der Waals surface area contributed by atoms with E-state index < -0.39 is 0 Å². The minimum atomic E-state index is 0.329. The van der Waals surface area contributed by atoms with E-state index in [9.17, 15) is 0 Å². The van der Waals surface area contributed by atoms with Gasteiger partial charge in [0.1, 0.15) is 5.75 Å². The summed E-state index contributed by atoms with van der Waals surface area (Å²) >= 11 is 0. The van der Waals surface area contributed by atoms with Crippen LogP contribution in [0.2, 0.25) is 0 Å². The Morgan fingerprint density at radius 1 is 1.33 bits per heavy atom. The predicted molar refractivity (Wildman–Crippen MR) is 80.5 cm³/mol. The zero-order valence-electron chi connectivity index (χ0n) is 12.7. The fourth-order valence-electron chi connectivity index (χ4n) is 3.12. The topological polar surface area (TPSA) is 60.2 Å². The minimum Gasteiger partial charge on any atom is -0.496 e. The van der Waals surface area contributed by atoms with Crippen LogP contribution in [0.5, 0.6) is 5.75 Å². The van der Waals surface area contributed by atoms with Crippen molar-refractivity contribution in [3.8, 4) is 17.1 Å². The van der Waals surface area contributed by atoms with Crippen LogP contribution in [0.15, 0.2) is 22.7 Å². The fraction of sp³-hybridized carbons (Fsp3) is 0.500. The largest absolute Gasteiger partial charge is 0.496 e. The van der Waals surface area contributed by atoms with E-state index >= 15 is 0 Å². The average molecular weight is 287 g/mol. The number of methoxy groups -OCH3 is 1. The van der Waals surface area contributed by atoms with Crippen LogP contribution in [-0.4, -0.2) is 30.3 Å². The van der Waals surface area contributed by atoms with E-state index in [2.05, 4.69) is 15.5 Å². The van der Waals surface area contributed by atoms with E-state index in [1.807, 2.05) is 32.2 Å². The van der Waals surface area contributed by atoms with Gasteiger partial charge >= 0.3 is 0 Å². The van der Waals surface area contributed by atoms with Crippen LogP contribution in [0, 0.1) is 6.92 Å². The van der Waals surface area contributed by atoms with E-state index in [0.717, 1.165) is 29.2 Å². The Morgan fingerprint density at radius 3 is 2.90 bits per heavy atom. The Labute approximate surface area is 124 Å². The molecule has 0 amide bonds.